The molecule has 9 heteroatoms. The molecule has 1 saturated heterocycles. The predicted molar refractivity (Wildman–Crippen MR) is 265 cm³/mol. The second-order valence-corrected chi connectivity index (χ2v) is 19.6. The van der Waals surface area contributed by atoms with Crippen molar-refractivity contribution in [2.24, 2.45) is 5.92 Å². The van der Waals surface area contributed by atoms with Crippen LogP contribution in [-0.2, 0) is 23.9 Å². The van der Waals surface area contributed by atoms with Gasteiger partial charge in [0.05, 0.1) is 18.6 Å². The largest absolute Gasteiger partial charge is 0.466 e. The Morgan fingerprint density at radius 1 is 0.587 bits per heavy atom. The molecule has 1 heterocycles. The lowest BCUT2D eigenvalue weighted by molar-refractivity contribution is -0.150. The molecule has 0 saturated carbocycles. The summed E-state index contributed by atoms with van der Waals surface area (Å²) >= 11 is 0. The van der Waals surface area contributed by atoms with Gasteiger partial charge in [-0.2, -0.15) is 0 Å². The van der Waals surface area contributed by atoms with Crippen molar-refractivity contribution in [2.75, 3.05) is 52.9 Å². The first-order chi connectivity index (χ1) is 30.8. The van der Waals surface area contributed by atoms with Crippen LogP contribution in [0.2, 0.25) is 0 Å². The number of esters is 2. The minimum Gasteiger partial charge on any atom is -0.466 e. The van der Waals surface area contributed by atoms with Gasteiger partial charge < -0.3 is 29.7 Å². The fourth-order valence-corrected chi connectivity index (χ4v) is 9.09. The number of amides is 1. The number of nitrogens with zero attached hydrogens (tertiary/aromatic N) is 2. The van der Waals surface area contributed by atoms with E-state index in [0.29, 0.717) is 32.5 Å². The fraction of sp³-hybridized carbons (Fsp3) is 0.944. The number of rotatable bonds is 47. The summed E-state index contributed by atoms with van der Waals surface area (Å²) in [5.41, 5.74) is 0. The Bertz CT molecular complexity index is 1030. The van der Waals surface area contributed by atoms with Crippen molar-refractivity contribution in [1.29, 1.82) is 0 Å². The standard InChI is InChI=1S/C54H105N3O6/c1-5-8-11-14-17-18-19-25-35-46-62-52(59)39-30-26-34-44-57(48-50(58)36-31-32-42-55-54(61)49-41-45-56(4)47-49)43-33-24-20-23-29-40-53(60)63-51(37-27-21-15-12-9-6-2)38-28-22-16-13-10-7-3/h49-51,58H,5-48H2,1-4H3,(H,55,61)/t49-,50?/m1/s1. The summed E-state index contributed by atoms with van der Waals surface area (Å²) in [7, 11) is 2.07. The van der Waals surface area contributed by atoms with Crippen molar-refractivity contribution < 1.29 is 29.0 Å². The third-order valence-electron chi connectivity index (χ3n) is 13.3. The minimum atomic E-state index is -0.392. The quantitative estimate of drug-likeness (QED) is 0.0459. The average Bonchev–Trinajstić information content (AvgIpc) is 3.71. The molecule has 1 unspecified atom stereocenters. The summed E-state index contributed by atoms with van der Waals surface area (Å²) in [6.07, 6.45) is 40.8. The molecule has 1 aliphatic rings. The summed E-state index contributed by atoms with van der Waals surface area (Å²) in [5.74, 6) is 0.207. The van der Waals surface area contributed by atoms with E-state index in [-0.39, 0.29) is 29.9 Å². The third kappa shape index (κ3) is 38.1. The van der Waals surface area contributed by atoms with Crippen LogP contribution in [-0.4, -0.2) is 97.9 Å². The van der Waals surface area contributed by atoms with E-state index in [1.54, 1.807) is 0 Å². The zero-order valence-electron chi connectivity index (χ0n) is 42.2. The number of hydrogen-bond donors (Lipinski definition) is 2. The first-order valence-electron chi connectivity index (χ1n) is 27.5. The molecular weight excluding hydrogens is 787 g/mol. The van der Waals surface area contributed by atoms with E-state index >= 15 is 0 Å². The van der Waals surface area contributed by atoms with Crippen molar-refractivity contribution in [3.63, 3.8) is 0 Å². The number of aliphatic hydroxyl groups is 1. The zero-order chi connectivity index (χ0) is 45.9. The van der Waals surface area contributed by atoms with Gasteiger partial charge in [0.1, 0.15) is 6.10 Å². The number of likely N-dealkylation sites (tertiary alicyclic amines) is 1. The third-order valence-corrected chi connectivity index (χ3v) is 13.3. The summed E-state index contributed by atoms with van der Waals surface area (Å²) in [5, 5.41) is 14.1. The van der Waals surface area contributed by atoms with Gasteiger partial charge in [-0.15, -0.1) is 0 Å². The predicted octanol–water partition coefficient (Wildman–Crippen LogP) is 13.3. The highest BCUT2D eigenvalue weighted by molar-refractivity contribution is 5.79. The number of ether oxygens (including phenoxy) is 2. The SMILES string of the molecule is CCCCCCCCCCCOC(=O)CCCCCN(CCCCCCCC(=O)OC(CCCCCCCC)CCCCCCCC)CC(O)CCCCNC(=O)[C@@H]1CCN(C)C1. The number of unbranched alkanes of at least 4 members (excludes halogenated alkanes) is 25. The Morgan fingerprint density at radius 3 is 1.59 bits per heavy atom. The number of carbonyl (C=O) groups excluding carboxylic acids is 3. The first-order valence-corrected chi connectivity index (χ1v) is 27.5. The highest BCUT2D eigenvalue weighted by Gasteiger charge is 2.25. The number of nitrogens with one attached hydrogen (secondary N) is 1. The van der Waals surface area contributed by atoms with Crippen LogP contribution in [0.4, 0.5) is 0 Å². The van der Waals surface area contributed by atoms with Crippen LogP contribution in [0, 0.1) is 5.92 Å². The van der Waals surface area contributed by atoms with Crippen molar-refractivity contribution in [3.05, 3.63) is 0 Å². The maximum Gasteiger partial charge on any atom is 0.306 e. The van der Waals surface area contributed by atoms with E-state index in [9.17, 15) is 19.5 Å². The molecule has 9 nitrogen and oxygen atoms in total. The highest BCUT2D eigenvalue weighted by atomic mass is 16.5. The van der Waals surface area contributed by atoms with E-state index in [4.69, 9.17) is 9.47 Å². The lowest BCUT2D eigenvalue weighted by Gasteiger charge is -2.25. The number of carbonyl (C=O) groups is 3. The highest BCUT2D eigenvalue weighted by Crippen LogP contribution is 2.19. The van der Waals surface area contributed by atoms with Crippen LogP contribution in [0.3, 0.4) is 0 Å². The summed E-state index contributed by atoms with van der Waals surface area (Å²) < 4.78 is 11.6. The number of aliphatic hydroxyl groups excluding tert-OH is 1. The zero-order valence-corrected chi connectivity index (χ0v) is 42.2. The molecule has 1 rings (SSSR count). The van der Waals surface area contributed by atoms with Gasteiger partial charge in [0.25, 0.3) is 0 Å². The minimum absolute atomic E-state index is 0.00628. The Morgan fingerprint density at radius 2 is 1.05 bits per heavy atom. The monoisotopic (exact) mass is 892 g/mol. The molecule has 0 bridgehead atoms. The van der Waals surface area contributed by atoms with E-state index in [2.05, 4.69) is 42.9 Å². The molecule has 0 spiro atoms. The molecule has 1 fully saturated rings. The van der Waals surface area contributed by atoms with Gasteiger partial charge in [0, 0.05) is 32.5 Å². The summed E-state index contributed by atoms with van der Waals surface area (Å²) in [6.45, 7) is 12.4. The maximum absolute atomic E-state index is 12.9. The van der Waals surface area contributed by atoms with Crippen LogP contribution in [0.25, 0.3) is 0 Å². The first kappa shape index (κ1) is 59.3. The van der Waals surface area contributed by atoms with Gasteiger partial charge in [-0.25, -0.2) is 0 Å². The van der Waals surface area contributed by atoms with E-state index in [0.717, 1.165) is 142 Å². The van der Waals surface area contributed by atoms with Crippen molar-refractivity contribution in [2.45, 2.75) is 271 Å². The molecule has 372 valence electrons. The summed E-state index contributed by atoms with van der Waals surface area (Å²) in [4.78, 5) is 42.4. The second-order valence-electron chi connectivity index (χ2n) is 19.6. The molecule has 1 amide bonds. The normalized spacial score (nSPS) is 14.8. The van der Waals surface area contributed by atoms with Crippen molar-refractivity contribution in [3.8, 4) is 0 Å². The lowest BCUT2D eigenvalue weighted by atomic mass is 10.0. The van der Waals surface area contributed by atoms with Crippen molar-refractivity contribution >= 4 is 17.8 Å². The van der Waals surface area contributed by atoms with Gasteiger partial charge >= 0.3 is 11.9 Å². The summed E-state index contributed by atoms with van der Waals surface area (Å²) in [6, 6.07) is 0. The van der Waals surface area contributed by atoms with Gasteiger partial charge in [-0.05, 0) is 110 Å². The Hall–Kier alpha value is -1.71. The smallest absolute Gasteiger partial charge is 0.306 e. The van der Waals surface area contributed by atoms with Crippen molar-refractivity contribution in [1.82, 2.24) is 15.1 Å². The molecule has 0 aromatic carbocycles. The Balaban J connectivity index is 2.40. The molecule has 0 aromatic heterocycles. The average molecular weight is 892 g/mol. The molecule has 0 aliphatic carbocycles. The van der Waals surface area contributed by atoms with Gasteiger partial charge in [0.15, 0.2) is 0 Å². The molecule has 0 aromatic rings. The van der Waals surface area contributed by atoms with Gasteiger partial charge in [-0.1, -0.05) is 162 Å². The van der Waals surface area contributed by atoms with Crippen LogP contribution in [0.1, 0.15) is 258 Å². The molecular formula is C54H105N3O6. The molecule has 2 N–H and O–H groups in total. The van der Waals surface area contributed by atoms with Gasteiger partial charge in [0.2, 0.25) is 5.91 Å². The number of hydrogen-bond acceptors (Lipinski definition) is 8. The molecule has 1 aliphatic heterocycles. The fourth-order valence-electron chi connectivity index (χ4n) is 9.09. The second kappa shape index (κ2) is 44.1. The van der Waals surface area contributed by atoms with Gasteiger partial charge in [-0.3, -0.25) is 14.4 Å². The molecule has 2 atom stereocenters. The van der Waals surface area contributed by atoms with E-state index in [1.165, 1.54) is 109 Å². The van der Waals surface area contributed by atoms with Crippen LogP contribution in [0.15, 0.2) is 0 Å². The lowest BCUT2D eigenvalue weighted by Crippen LogP contribution is -2.34. The maximum atomic E-state index is 12.9. The molecule has 0 radical (unpaired) electrons. The van der Waals surface area contributed by atoms with Crippen LogP contribution in [0.5, 0.6) is 0 Å². The Labute approximate surface area is 390 Å². The van der Waals surface area contributed by atoms with E-state index in [1.807, 2.05) is 0 Å². The van der Waals surface area contributed by atoms with Crippen LogP contribution < -0.4 is 5.32 Å². The molecule has 63 heavy (non-hydrogen) atoms. The Kier molecular flexibility index (Phi) is 41.6. The van der Waals surface area contributed by atoms with E-state index < -0.39 is 6.10 Å². The topological polar surface area (TPSA) is 108 Å². The van der Waals surface area contributed by atoms with Crippen LogP contribution >= 0.6 is 0 Å².